The molecular weight excluding hydrogens is 236 g/mol. The predicted octanol–water partition coefficient (Wildman–Crippen LogP) is 3.17. The van der Waals surface area contributed by atoms with Gasteiger partial charge in [-0.05, 0) is 42.5 Å². The summed E-state index contributed by atoms with van der Waals surface area (Å²) in [6.07, 6.45) is 0. The Hall–Kier alpha value is -2.00. The Morgan fingerprint density at radius 3 is 2.47 bits per heavy atom. The number of rotatable bonds is 2. The molecule has 0 radical (unpaired) electrons. The number of carbonyl (C=O) groups is 1. The highest BCUT2D eigenvalue weighted by Crippen LogP contribution is 2.14. The lowest BCUT2D eigenvalue weighted by atomic mass is 10.2. The second kappa shape index (κ2) is 4.89. The summed E-state index contributed by atoms with van der Waals surface area (Å²) in [6.45, 7) is 0. The molecule has 0 heterocycles. The van der Waals surface area contributed by atoms with Gasteiger partial charge in [0.05, 0.1) is 0 Å². The number of carbonyl (C=O) groups excluding carboxylic acids is 1. The minimum absolute atomic E-state index is 0.197. The van der Waals surface area contributed by atoms with Crippen molar-refractivity contribution in [3.8, 4) is 0 Å². The molecule has 86 valence electrons. The Labute approximate surface area is 104 Å². The molecule has 0 saturated heterocycles. The van der Waals surface area contributed by atoms with Gasteiger partial charge in [0.2, 0.25) is 0 Å². The molecule has 0 aliphatic heterocycles. The zero-order valence-corrected chi connectivity index (χ0v) is 9.74. The molecule has 0 saturated carbocycles. The van der Waals surface area contributed by atoms with Crippen LogP contribution in [0.3, 0.4) is 0 Å². The smallest absolute Gasteiger partial charge is 0.255 e. The highest BCUT2D eigenvalue weighted by molar-refractivity contribution is 6.31. The lowest BCUT2D eigenvalue weighted by Crippen LogP contribution is -2.11. The van der Waals surface area contributed by atoms with E-state index >= 15 is 0 Å². The second-order valence-corrected chi connectivity index (χ2v) is 4.02. The van der Waals surface area contributed by atoms with Crippen molar-refractivity contribution < 1.29 is 4.79 Å². The maximum Gasteiger partial charge on any atom is 0.255 e. The van der Waals surface area contributed by atoms with Gasteiger partial charge < -0.3 is 11.1 Å². The van der Waals surface area contributed by atoms with Crippen LogP contribution >= 0.6 is 11.6 Å². The average Bonchev–Trinajstić information content (AvgIpc) is 2.32. The first-order chi connectivity index (χ1) is 8.15. The fraction of sp³-hybridized carbons (Fsp3) is 0. The first-order valence-electron chi connectivity index (χ1n) is 5.07. The predicted molar refractivity (Wildman–Crippen MR) is 70.3 cm³/mol. The molecule has 0 bridgehead atoms. The summed E-state index contributed by atoms with van der Waals surface area (Å²) in [7, 11) is 0. The van der Waals surface area contributed by atoms with Crippen molar-refractivity contribution >= 4 is 28.9 Å². The van der Waals surface area contributed by atoms with Gasteiger partial charge in [0.1, 0.15) is 0 Å². The van der Waals surface area contributed by atoms with E-state index < -0.39 is 0 Å². The van der Waals surface area contributed by atoms with Crippen molar-refractivity contribution in [2.45, 2.75) is 0 Å². The molecular formula is C13H11ClN2O. The van der Waals surface area contributed by atoms with Crippen LogP contribution in [-0.4, -0.2) is 5.91 Å². The Bertz CT molecular complexity index is 537. The van der Waals surface area contributed by atoms with Crippen LogP contribution in [-0.2, 0) is 0 Å². The lowest BCUT2D eigenvalue weighted by Gasteiger charge is -2.05. The van der Waals surface area contributed by atoms with Gasteiger partial charge in [-0.15, -0.1) is 0 Å². The van der Waals surface area contributed by atoms with E-state index in [1.807, 2.05) is 0 Å². The molecule has 1 amide bonds. The maximum atomic E-state index is 11.9. The summed E-state index contributed by atoms with van der Waals surface area (Å²) in [4.78, 5) is 11.9. The normalized spacial score (nSPS) is 9.94. The van der Waals surface area contributed by atoms with Gasteiger partial charge in [0, 0.05) is 22.0 Å². The highest BCUT2D eigenvalue weighted by atomic mass is 35.5. The third kappa shape index (κ3) is 2.98. The molecule has 0 unspecified atom stereocenters. The van der Waals surface area contributed by atoms with Crippen molar-refractivity contribution in [1.82, 2.24) is 0 Å². The van der Waals surface area contributed by atoms with E-state index in [1.54, 1.807) is 48.5 Å². The maximum absolute atomic E-state index is 11.9. The lowest BCUT2D eigenvalue weighted by molar-refractivity contribution is 0.102. The number of anilines is 2. The van der Waals surface area contributed by atoms with Gasteiger partial charge in [0.25, 0.3) is 5.91 Å². The van der Waals surface area contributed by atoms with Gasteiger partial charge in [-0.25, -0.2) is 0 Å². The molecule has 0 spiro atoms. The van der Waals surface area contributed by atoms with Crippen LogP contribution in [0.1, 0.15) is 10.4 Å². The number of hydrogen-bond acceptors (Lipinski definition) is 2. The van der Waals surface area contributed by atoms with Crippen LogP contribution in [0.25, 0.3) is 0 Å². The fourth-order valence-electron chi connectivity index (χ4n) is 1.40. The molecule has 0 aliphatic carbocycles. The zero-order valence-electron chi connectivity index (χ0n) is 8.98. The third-order valence-electron chi connectivity index (χ3n) is 2.26. The molecule has 2 aromatic carbocycles. The monoisotopic (exact) mass is 246 g/mol. The van der Waals surface area contributed by atoms with Crippen molar-refractivity contribution in [2.75, 3.05) is 11.1 Å². The zero-order chi connectivity index (χ0) is 12.3. The number of benzene rings is 2. The van der Waals surface area contributed by atoms with Gasteiger partial charge in [0.15, 0.2) is 0 Å². The standard InChI is InChI=1S/C13H11ClN2O/c14-10-3-1-2-9(8-10)13(17)16-12-6-4-11(15)5-7-12/h1-8H,15H2,(H,16,17). The van der Waals surface area contributed by atoms with Crippen LogP contribution in [0.5, 0.6) is 0 Å². The van der Waals surface area contributed by atoms with Gasteiger partial charge in [-0.1, -0.05) is 17.7 Å². The third-order valence-corrected chi connectivity index (χ3v) is 2.49. The molecule has 17 heavy (non-hydrogen) atoms. The van der Waals surface area contributed by atoms with Crippen molar-refractivity contribution in [3.63, 3.8) is 0 Å². The van der Waals surface area contributed by atoms with Crippen LogP contribution in [0.2, 0.25) is 5.02 Å². The van der Waals surface area contributed by atoms with Crippen LogP contribution in [0.4, 0.5) is 11.4 Å². The Morgan fingerprint density at radius 2 is 1.82 bits per heavy atom. The number of nitrogens with two attached hydrogens (primary N) is 1. The Morgan fingerprint density at radius 1 is 1.12 bits per heavy atom. The van der Waals surface area contributed by atoms with E-state index in [9.17, 15) is 4.79 Å². The van der Waals surface area contributed by atoms with Crippen LogP contribution in [0.15, 0.2) is 48.5 Å². The topological polar surface area (TPSA) is 55.1 Å². The summed E-state index contributed by atoms with van der Waals surface area (Å²) in [5.74, 6) is -0.197. The fourth-order valence-corrected chi connectivity index (χ4v) is 1.59. The SMILES string of the molecule is Nc1ccc(NC(=O)c2cccc(Cl)c2)cc1. The largest absolute Gasteiger partial charge is 0.399 e. The Balaban J connectivity index is 2.14. The van der Waals surface area contributed by atoms with Gasteiger partial charge >= 0.3 is 0 Å². The summed E-state index contributed by atoms with van der Waals surface area (Å²) < 4.78 is 0. The van der Waals surface area contributed by atoms with Crippen LogP contribution in [0, 0.1) is 0 Å². The minimum Gasteiger partial charge on any atom is -0.399 e. The molecule has 0 aromatic heterocycles. The number of halogens is 1. The van der Waals surface area contributed by atoms with Crippen LogP contribution < -0.4 is 11.1 Å². The summed E-state index contributed by atoms with van der Waals surface area (Å²) in [5, 5.41) is 3.30. The van der Waals surface area contributed by atoms with Crippen molar-refractivity contribution in [2.24, 2.45) is 0 Å². The van der Waals surface area contributed by atoms with E-state index in [1.165, 1.54) is 0 Å². The van der Waals surface area contributed by atoms with Crippen molar-refractivity contribution in [3.05, 3.63) is 59.1 Å². The number of amides is 1. The molecule has 0 fully saturated rings. The molecule has 2 rings (SSSR count). The van der Waals surface area contributed by atoms with Gasteiger partial charge in [-0.3, -0.25) is 4.79 Å². The quantitative estimate of drug-likeness (QED) is 0.800. The highest BCUT2D eigenvalue weighted by Gasteiger charge is 2.05. The minimum atomic E-state index is -0.197. The molecule has 3 N–H and O–H groups in total. The van der Waals surface area contributed by atoms with E-state index in [-0.39, 0.29) is 5.91 Å². The van der Waals surface area contributed by atoms with Gasteiger partial charge in [-0.2, -0.15) is 0 Å². The first kappa shape index (κ1) is 11.5. The van der Waals surface area contributed by atoms with E-state index in [2.05, 4.69) is 5.32 Å². The first-order valence-corrected chi connectivity index (χ1v) is 5.45. The van der Waals surface area contributed by atoms with E-state index in [0.717, 1.165) is 0 Å². The molecule has 3 nitrogen and oxygen atoms in total. The van der Waals surface area contributed by atoms with E-state index in [0.29, 0.717) is 22.0 Å². The summed E-state index contributed by atoms with van der Waals surface area (Å²) in [5.41, 5.74) is 7.44. The summed E-state index contributed by atoms with van der Waals surface area (Å²) in [6, 6.07) is 13.7. The number of nitrogen functional groups attached to an aromatic ring is 1. The number of hydrogen-bond donors (Lipinski definition) is 2. The average molecular weight is 247 g/mol. The second-order valence-electron chi connectivity index (χ2n) is 3.59. The molecule has 0 aliphatic rings. The molecule has 4 heteroatoms. The molecule has 2 aromatic rings. The van der Waals surface area contributed by atoms with E-state index in [4.69, 9.17) is 17.3 Å². The molecule has 0 atom stereocenters. The Kier molecular flexibility index (Phi) is 3.30. The summed E-state index contributed by atoms with van der Waals surface area (Å²) >= 11 is 5.82. The number of nitrogens with one attached hydrogen (secondary N) is 1. The van der Waals surface area contributed by atoms with Crippen molar-refractivity contribution in [1.29, 1.82) is 0 Å².